The fraction of sp³-hybridized carbons (Fsp3) is 0.192. The van der Waals surface area contributed by atoms with Crippen LogP contribution in [0.25, 0.3) is 22.0 Å². The molecule has 1 heterocycles. The van der Waals surface area contributed by atoms with Crippen molar-refractivity contribution in [3.8, 4) is 16.9 Å². The monoisotopic (exact) mass is 564 g/mol. The number of carbonyl (C=O) groups is 2. The van der Waals surface area contributed by atoms with Crippen LogP contribution in [-0.2, 0) is 6.42 Å². The Morgan fingerprint density at radius 1 is 1.08 bits per heavy atom. The summed E-state index contributed by atoms with van der Waals surface area (Å²) in [6.45, 7) is -0.576. The first-order valence-corrected chi connectivity index (χ1v) is 11.8. The summed E-state index contributed by atoms with van der Waals surface area (Å²) < 4.78 is 57.3. The molecule has 0 radical (unpaired) electrons. The number of nitrogens with zero attached hydrogens (tertiary/aromatic N) is 1. The Kier molecular flexibility index (Phi) is 8.07. The molecule has 4 rings (SSSR count). The van der Waals surface area contributed by atoms with Crippen LogP contribution in [0.2, 0.25) is 5.02 Å². The van der Waals surface area contributed by atoms with Gasteiger partial charge in [0.25, 0.3) is 11.8 Å². The highest BCUT2D eigenvalue weighted by Gasteiger charge is 2.33. The van der Waals surface area contributed by atoms with Gasteiger partial charge in [0, 0.05) is 24.5 Å². The minimum Gasteiger partial charge on any atom is -0.405 e. The Balaban J connectivity index is 1.65. The molecule has 0 saturated heterocycles. The van der Waals surface area contributed by atoms with Crippen LogP contribution in [0, 0.1) is 5.82 Å². The zero-order valence-electron chi connectivity index (χ0n) is 20.2. The van der Waals surface area contributed by atoms with Crippen LogP contribution in [-0.4, -0.2) is 53.2 Å². The van der Waals surface area contributed by atoms with Gasteiger partial charge in [-0.25, -0.2) is 4.39 Å². The zero-order chi connectivity index (χ0) is 28.3. The summed E-state index contributed by atoms with van der Waals surface area (Å²) in [6, 6.07) is 11.2. The van der Waals surface area contributed by atoms with Crippen LogP contribution >= 0.6 is 11.6 Å². The molecule has 1 aromatic heterocycles. The largest absolute Gasteiger partial charge is 0.573 e. The molecule has 13 heteroatoms. The number of aromatic nitrogens is 2. The number of halogens is 5. The predicted molar refractivity (Wildman–Crippen MR) is 135 cm³/mol. The first-order valence-electron chi connectivity index (χ1n) is 11.5. The van der Waals surface area contributed by atoms with Crippen molar-refractivity contribution in [3.63, 3.8) is 0 Å². The van der Waals surface area contributed by atoms with Crippen molar-refractivity contribution in [2.45, 2.75) is 18.8 Å². The number of benzene rings is 3. The van der Waals surface area contributed by atoms with Crippen molar-refractivity contribution < 1.29 is 37.0 Å². The second-order valence-corrected chi connectivity index (χ2v) is 8.83. The maximum Gasteiger partial charge on any atom is 0.573 e. The topological polar surface area (TPSA) is 116 Å². The van der Waals surface area contributed by atoms with Gasteiger partial charge in [0.05, 0.1) is 28.8 Å². The van der Waals surface area contributed by atoms with Crippen molar-refractivity contribution in [1.82, 2.24) is 20.8 Å². The third-order valence-corrected chi connectivity index (χ3v) is 6.16. The summed E-state index contributed by atoms with van der Waals surface area (Å²) in [7, 11) is 1.43. The number of aliphatic hydroxyl groups excluding tert-OH is 1. The van der Waals surface area contributed by atoms with E-state index in [-0.39, 0.29) is 22.5 Å². The number of rotatable bonds is 8. The van der Waals surface area contributed by atoms with Crippen molar-refractivity contribution in [1.29, 1.82) is 0 Å². The summed E-state index contributed by atoms with van der Waals surface area (Å²) in [5.41, 5.74) is 0.950. The fourth-order valence-electron chi connectivity index (χ4n) is 4.00. The molecule has 2 amide bonds. The highest BCUT2D eigenvalue weighted by atomic mass is 35.5. The summed E-state index contributed by atoms with van der Waals surface area (Å²) in [5.74, 6) is -2.71. The lowest BCUT2D eigenvalue weighted by Crippen LogP contribution is -2.39. The average Bonchev–Trinajstić information content (AvgIpc) is 3.31. The van der Waals surface area contributed by atoms with Gasteiger partial charge in [-0.3, -0.25) is 14.7 Å². The zero-order valence-corrected chi connectivity index (χ0v) is 21.0. The number of fused-ring (bicyclic) bond motifs is 1. The Bertz CT molecular complexity index is 1540. The number of aliphatic hydroxyl groups is 1. The van der Waals surface area contributed by atoms with Crippen LogP contribution < -0.4 is 15.4 Å². The molecule has 1 unspecified atom stereocenters. The molecule has 0 saturated carbocycles. The van der Waals surface area contributed by atoms with Crippen LogP contribution in [0.1, 0.15) is 26.4 Å². The quantitative estimate of drug-likeness (QED) is 0.233. The molecule has 0 aliphatic rings. The molecular weight excluding hydrogens is 544 g/mol. The smallest absolute Gasteiger partial charge is 0.405 e. The van der Waals surface area contributed by atoms with Gasteiger partial charge < -0.3 is 20.5 Å². The van der Waals surface area contributed by atoms with Crippen molar-refractivity contribution in [2.75, 3.05) is 13.7 Å². The van der Waals surface area contributed by atoms with Gasteiger partial charge in [-0.05, 0) is 41.5 Å². The minimum atomic E-state index is -5.08. The van der Waals surface area contributed by atoms with E-state index in [2.05, 4.69) is 25.6 Å². The molecule has 3 aromatic carbocycles. The second-order valence-electron chi connectivity index (χ2n) is 8.43. The number of hydrogen-bond acceptors (Lipinski definition) is 5. The number of ether oxygens (including phenoxy) is 1. The third kappa shape index (κ3) is 6.29. The van der Waals surface area contributed by atoms with Gasteiger partial charge in [-0.2, -0.15) is 5.10 Å². The number of alkyl halides is 3. The van der Waals surface area contributed by atoms with Crippen LogP contribution in [0.15, 0.2) is 54.6 Å². The molecule has 1 atom stereocenters. The molecule has 0 spiro atoms. The third-order valence-electron chi connectivity index (χ3n) is 5.84. The highest BCUT2D eigenvalue weighted by molar-refractivity contribution is 6.34. The minimum absolute atomic E-state index is 0.0199. The molecule has 8 nitrogen and oxygen atoms in total. The second kappa shape index (κ2) is 11.3. The van der Waals surface area contributed by atoms with Gasteiger partial charge in [0.2, 0.25) is 0 Å². The molecular formula is C26H21ClF4N4O4. The van der Waals surface area contributed by atoms with E-state index in [1.807, 2.05) is 0 Å². The van der Waals surface area contributed by atoms with Crippen molar-refractivity contribution >= 4 is 34.3 Å². The van der Waals surface area contributed by atoms with Crippen molar-refractivity contribution in [3.05, 3.63) is 82.3 Å². The van der Waals surface area contributed by atoms with Gasteiger partial charge in [-0.1, -0.05) is 35.9 Å². The summed E-state index contributed by atoms with van der Waals surface area (Å²) in [6.07, 6.45) is -5.10. The van der Waals surface area contributed by atoms with E-state index in [1.165, 1.54) is 49.5 Å². The number of H-pyrrole nitrogens is 1. The van der Waals surface area contributed by atoms with Crippen molar-refractivity contribution in [2.24, 2.45) is 0 Å². The lowest BCUT2D eigenvalue weighted by atomic mass is 10.00. The highest BCUT2D eigenvalue weighted by Crippen LogP contribution is 2.32. The maximum absolute atomic E-state index is 14.0. The first kappa shape index (κ1) is 27.9. The van der Waals surface area contributed by atoms with Gasteiger partial charge >= 0.3 is 6.36 Å². The number of para-hydroxylation sites is 1. The van der Waals surface area contributed by atoms with Crippen LogP contribution in [0.3, 0.4) is 0 Å². The number of amides is 2. The van der Waals surface area contributed by atoms with E-state index >= 15 is 0 Å². The number of aromatic amines is 1. The summed E-state index contributed by atoms with van der Waals surface area (Å²) in [4.78, 5) is 25.1. The molecule has 4 N–H and O–H groups in total. The molecule has 204 valence electrons. The Labute approximate surface area is 223 Å². The van der Waals surface area contributed by atoms with E-state index in [9.17, 15) is 32.3 Å². The van der Waals surface area contributed by atoms with Crippen LogP contribution in [0.5, 0.6) is 5.75 Å². The normalized spacial score (nSPS) is 12.3. The molecule has 4 aromatic rings. The standard InChI is InChI=1S/C26H21ClF4N4O4/c1-32-24(37)16-7-5-14(10-19(16)27)13-6-8-22(39-26(29,30)31)18(9-13)25(38)33-15(12-36)11-21-17-3-2-4-20(28)23(17)35-34-21/h2-10,15,36H,11-12H2,1H3,(H,32,37)(H,33,38)(H,34,35). The Morgan fingerprint density at radius 2 is 1.79 bits per heavy atom. The fourth-order valence-corrected chi connectivity index (χ4v) is 4.26. The molecule has 39 heavy (non-hydrogen) atoms. The maximum atomic E-state index is 14.0. The number of carbonyl (C=O) groups excluding carboxylic acids is 2. The van der Waals surface area contributed by atoms with E-state index < -0.39 is 48.0 Å². The Morgan fingerprint density at radius 3 is 2.46 bits per heavy atom. The Hall–Kier alpha value is -4.16. The van der Waals surface area contributed by atoms with E-state index in [4.69, 9.17) is 11.6 Å². The van der Waals surface area contributed by atoms with Gasteiger partial charge in [-0.15, -0.1) is 13.2 Å². The predicted octanol–water partition coefficient (Wildman–Crippen LogP) is 4.61. The lowest BCUT2D eigenvalue weighted by molar-refractivity contribution is -0.274. The molecule has 0 fully saturated rings. The van der Waals surface area contributed by atoms with E-state index in [0.29, 0.717) is 22.2 Å². The molecule has 0 aliphatic carbocycles. The van der Waals surface area contributed by atoms with Gasteiger partial charge in [0.15, 0.2) is 5.82 Å². The van der Waals surface area contributed by atoms with Gasteiger partial charge in [0.1, 0.15) is 11.3 Å². The van der Waals surface area contributed by atoms with Crippen LogP contribution in [0.4, 0.5) is 17.6 Å². The lowest BCUT2D eigenvalue weighted by Gasteiger charge is -2.19. The average molecular weight is 565 g/mol. The SMILES string of the molecule is CNC(=O)c1ccc(-c2ccc(OC(F)(F)F)c(C(=O)NC(CO)Cc3[nH]nc4c(F)cccc34)c2)cc1Cl. The van der Waals surface area contributed by atoms with E-state index in [1.54, 1.807) is 6.07 Å². The number of nitrogens with one attached hydrogen (secondary N) is 3. The first-order chi connectivity index (χ1) is 18.5. The summed E-state index contributed by atoms with van der Waals surface area (Å²) >= 11 is 6.21. The number of hydrogen-bond donors (Lipinski definition) is 4. The summed E-state index contributed by atoms with van der Waals surface area (Å²) in [5, 5.41) is 21.9. The molecule has 0 bridgehead atoms. The van der Waals surface area contributed by atoms with E-state index in [0.717, 1.165) is 6.07 Å². The molecule has 0 aliphatic heterocycles.